The second kappa shape index (κ2) is 5.16. The third-order valence-corrected chi connectivity index (χ3v) is 2.03. The molecular weight excluding hydrogens is 221 g/mol. The van der Waals surface area contributed by atoms with E-state index in [1.165, 1.54) is 6.07 Å². The van der Waals surface area contributed by atoms with Gasteiger partial charge in [0, 0.05) is 6.54 Å². The first-order valence-corrected chi connectivity index (χ1v) is 4.84. The number of aromatic nitrogens is 1. The summed E-state index contributed by atoms with van der Waals surface area (Å²) in [5, 5.41) is 8.85. The van der Waals surface area contributed by atoms with Crippen molar-refractivity contribution in [1.82, 2.24) is 4.98 Å². The lowest BCUT2D eigenvalue weighted by atomic mass is 10.3. The molecule has 0 atom stereocenters. The first-order valence-electron chi connectivity index (χ1n) is 4.84. The Hall–Kier alpha value is -1.30. The van der Waals surface area contributed by atoms with Crippen molar-refractivity contribution in [3.05, 3.63) is 23.9 Å². The molecule has 90 valence electrons. The molecule has 0 aromatic carbocycles. The Morgan fingerprint density at radius 3 is 2.56 bits per heavy atom. The van der Waals surface area contributed by atoms with Crippen molar-refractivity contribution in [2.45, 2.75) is 19.7 Å². The van der Waals surface area contributed by atoms with E-state index in [1.54, 1.807) is 19.1 Å². The summed E-state index contributed by atoms with van der Waals surface area (Å²) in [6.07, 6.45) is -4.26. The van der Waals surface area contributed by atoms with Crippen molar-refractivity contribution in [3.63, 3.8) is 0 Å². The van der Waals surface area contributed by atoms with Crippen LogP contribution in [0.1, 0.15) is 12.6 Å². The topological polar surface area (TPSA) is 36.4 Å². The molecule has 1 heterocycles. The van der Waals surface area contributed by atoms with Crippen molar-refractivity contribution in [2.75, 3.05) is 18.0 Å². The minimum atomic E-state index is -4.26. The van der Waals surface area contributed by atoms with Gasteiger partial charge in [0.15, 0.2) is 0 Å². The number of nitrogens with zero attached hydrogens (tertiary/aromatic N) is 2. The van der Waals surface area contributed by atoms with Crippen molar-refractivity contribution < 1.29 is 18.3 Å². The molecule has 1 rings (SSSR count). The molecule has 6 heteroatoms. The largest absolute Gasteiger partial charge is 0.405 e. The zero-order valence-electron chi connectivity index (χ0n) is 8.83. The lowest BCUT2D eigenvalue weighted by Gasteiger charge is -2.23. The Morgan fingerprint density at radius 2 is 2.06 bits per heavy atom. The third-order valence-electron chi connectivity index (χ3n) is 2.03. The van der Waals surface area contributed by atoms with Crippen LogP contribution < -0.4 is 4.90 Å². The minimum Gasteiger partial charge on any atom is -0.390 e. The van der Waals surface area contributed by atoms with Crippen LogP contribution in [0.3, 0.4) is 0 Å². The van der Waals surface area contributed by atoms with Gasteiger partial charge in [-0.3, -0.25) is 0 Å². The second-order valence-corrected chi connectivity index (χ2v) is 3.27. The summed E-state index contributed by atoms with van der Waals surface area (Å²) in [4.78, 5) is 5.03. The van der Waals surface area contributed by atoms with Gasteiger partial charge in [-0.05, 0) is 19.1 Å². The van der Waals surface area contributed by atoms with Crippen LogP contribution in [0.2, 0.25) is 0 Å². The maximum absolute atomic E-state index is 12.2. The smallest absolute Gasteiger partial charge is 0.390 e. The molecule has 0 aliphatic rings. The fourth-order valence-electron chi connectivity index (χ4n) is 1.30. The van der Waals surface area contributed by atoms with Gasteiger partial charge in [0.2, 0.25) is 0 Å². The van der Waals surface area contributed by atoms with Crippen molar-refractivity contribution in [1.29, 1.82) is 0 Å². The summed E-state index contributed by atoms with van der Waals surface area (Å²) in [5.41, 5.74) is 0.359. The van der Waals surface area contributed by atoms with Crippen LogP contribution in [0.15, 0.2) is 18.2 Å². The van der Waals surface area contributed by atoms with Crippen LogP contribution >= 0.6 is 0 Å². The number of halogens is 3. The molecule has 0 amide bonds. The van der Waals surface area contributed by atoms with Crippen LogP contribution in [0.4, 0.5) is 19.0 Å². The first-order chi connectivity index (χ1) is 7.46. The molecule has 0 bridgehead atoms. The molecule has 0 spiro atoms. The molecule has 1 N–H and O–H groups in total. The molecule has 0 saturated carbocycles. The number of aliphatic hydroxyl groups excluding tert-OH is 1. The van der Waals surface area contributed by atoms with E-state index in [9.17, 15) is 13.2 Å². The predicted molar refractivity (Wildman–Crippen MR) is 54.1 cm³/mol. The van der Waals surface area contributed by atoms with E-state index in [2.05, 4.69) is 4.98 Å². The van der Waals surface area contributed by atoms with E-state index in [-0.39, 0.29) is 19.0 Å². The number of hydrogen-bond acceptors (Lipinski definition) is 3. The Labute approximate surface area is 91.5 Å². The van der Waals surface area contributed by atoms with E-state index >= 15 is 0 Å². The van der Waals surface area contributed by atoms with Gasteiger partial charge in [-0.1, -0.05) is 6.07 Å². The molecule has 0 aliphatic heterocycles. The van der Waals surface area contributed by atoms with Crippen molar-refractivity contribution in [2.24, 2.45) is 0 Å². The molecule has 0 unspecified atom stereocenters. The number of hydrogen-bond donors (Lipinski definition) is 1. The summed E-state index contributed by atoms with van der Waals surface area (Å²) in [7, 11) is 0. The molecule has 0 saturated heterocycles. The molecule has 0 aliphatic carbocycles. The highest BCUT2D eigenvalue weighted by atomic mass is 19.4. The maximum atomic E-state index is 12.2. The van der Waals surface area contributed by atoms with Gasteiger partial charge in [0.25, 0.3) is 0 Å². The zero-order chi connectivity index (χ0) is 12.2. The van der Waals surface area contributed by atoms with Crippen LogP contribution in [0.5, 0.6) is 0 Å². The summed E-state index contributed by atoms with van der Waals surface area (Å²) >= 11 is 0. The Bertz CT molecular complexity index is 341. The number of alkyl halides is 3. The van der Waals surface area contributed by atoms with Gasteiger partial charge in [-0.2, -0.15) is 13.2 Å². The number of pyridine rings is 1. The lowest BCUT2D eigenvalue weighted by Crippen LogP contribution is -2.34. The molecule has 1 aromatic rings. The number of anilines is 1. The van der Waals surface area contributed by atoms with Crippen molar-refractivity contribution in [3.8, 4) is 0 Å². The quantitative estimate of drug-likeness (QED) is 0.865. The zero-order valence-corrected chi connectivity index (χ0v) is 8.83. The first kappa shape index (κ1) is 12.8. The lowest BCUT2D eigenvalue weighted by molar-refractivity contribution is -0.119. The van der Waals surface area contributed by atoms with E-state index in [4.69, 9.17) is 5.11 Å². The highest BCUT2D eigenvalue weighted by molar-refractivity contribution is 5.39. The number of rotatable bonds is 4. The van der Waals surface area contributed by atoms with Gasteiger partial charge in [0.1, 0.15) is 12.4 Å². The standard InChI is InChI=1S/C10H13F3N2O/c1-2-15(7-10(11,12)13)9-5-3-4-8(6-16)14-9/h3-5,16H,2,6-7H2,1H3. The molecule has 16 heavy (non-hydrogen) atoms. The second-order valence-electron chi connectivity index (χ2n) is 3.27. The number of aliphatic hydroxyl groups is 1. The van der Waals surface area contributed by atoms with Gasteiger partial charge < -0.3 is 10.0 Å². The minimum absolute atomic E-state index is 0.210. The van der Waals surface area contributed by atoms with Gasteiger partial charge in [0.05, 0.1) is 12.3 Å². The Balaban J connectivity index is 2.86. The van der Waals surface area contributed by atoms with E-state index in [0.29, 0.717) is 5.69 Å². The summed E-state index contributed by atoms with van der Waals surface area (Å²) in [5.74, 6) is 0.228. The van der Waals surface area contributed by atoms with Gasteiger partial charge >= 0.3 is 6.18 Å². The molecule has 1 aromatic heterocycles. The van der Waals surface area contributed by atoms with Crippen molar-refractivity contribution >= 4 is 5.82 Å². The van der Waals surface area contributed by atoms with Crippen LogP contribution in [0, 0.1) is 0 Å². The SMILES string of the molecule is CCN(CC(F)(F)F)c1cccc(CO)n1. The van der Waals surface area contributed by atoms with E-state index < -0.39 is 12.7 Å². The molecule has 0 fully saturated rings. The average Bonchev–Trinajstić information content (AvgIpc) is 2.25. The maximum Gasteiger partial charge on any atom is 0.405 e. The fraction of sp³-hybridized carbons (Fsp3) is 0.500. The van der Waals surface area contributed by atoms with Crippen LogP contribution in [-0.2, 0) is 6.61 Å². The monoisotopic (exact) mass is 234 g/mol. The van der Waals surface area contributed by atoms with Gasteiger partial charge in [-0.25, -0.2) is 4.98 Å². The fourth-order valence-corrected chi connectivity index (χ4v) is 1.30. The highest BCUT2D eigenvalue weighted by Crippen LogP contribution is 2.20. The highest BCUT2D eigenvalue weighted by Gasteiger charge is 2.30. The summed E-state index contributed by atoms with van der Waals surface area (Å²) in [6, 6.07) is 4.63. The van der Waals surface area contributed by atoms with E-state index in [0.717, 1.165) is 4.90 Å². The predicted octanol–water partition coefficient (Wildman–Crippen LogP) is 1.96. The van der Waals surface area contributed by atoms with Crippen LogP contribution in [-0.4, -0.2) is 29.4 Å². The summed E-state index contributed by atoms with van der Waals surface area (Å²) in [6.45, 7) is 0.517. The van der Waals surface area contributed by atoms with Crippen LogP contribution in [0.25, 0.3) is 0 Å². The third kappa shape index (κ3) is 3.69. The normalized spacial score (nSPS) is 11.6. The Kier molecular flexibility index (Phi) is 4.12. The van der Waals surface area contributed by atoms with Gasteiger partial charge in [-0.15, -0.1) is 0 Å². The molecule has 0 radical (unpaired) electrons. The average molecular weight is 234 g/mol. The van der Waals surface area contributed by atoms with E-state index in [1.807, 2.05) is 0 Å². The molecule has 3 nitrogen and oxygen atoms in total. The summed E-state index contributed by atoms with van der Waals surface area (Å²) < 4.78 is 36.7. The molecular formula is C10H13F3N2O. The Morgan fingerprint density at radius 1 is 1.38 bits per heavy atom.